The van der Waals surface area contributed by atoms with E-state index < -0.39 is 21.9 Å². The molecule has 1 unspecified atom stereocenters. The highest BCUT2D eigenvalue weighted by Gasteiger charge is 2.22. The minimum Gasteiger partial charge on any atom is -0.465 e. The van der Waals surface area contributed by atoms with Crippen LogP contribution in [0.5, 0.6) is 0 Å². The summed E-state index contributed by atoms with van der Waals surface area (Å²) in [6, 6.07) is 23.7. The minimum absolute atomic E-state index is 0.123. The van der Waals surface area contributed by atoms with E-state index in [0.29, 0.717) is 27.7 Å². The third kappa shape index (κ3) is 10.0. The largest absolute Gasteiger partial charge is 0.465 e. The molecule has 0 radical (unpaired) electrons. The predicted molar refractivity (Wildman–Crippen MR) is 179 cm³/mol. The molecule has 1 heterocycles. The summed E-state index contributed by atoms with van der Waals surface area (Å²) >= 11 is 0. The quantitative estimate of drug-likeness (QED) is 0.121. The fourth-order valence-electron chi connectivity index (χ4n) is 4.31. The van der Waals surface area contributed by atoms with E-state index in [1.165, 1.54) is 24.7 Å². The maximum atomic E-state index is 12.8. The normalized spacial score (nSPS) is 14.0. The number of benzene rings is 3. The van der Waals surface area contributed by atoms with Crippen LogP contribution < -0.4 is 16.0 Å². The van der Waals surface area contributed by atoms with E-state index in [4.69, 9.17) is 9.84 Å². The second-order valence-electron chi connectivity index (χ2n) is 10.6. The van der Waals surface area contributed by atoms with Gasteiger partial charge >= 0.3 is 12.2 Å². The van der Waals surface area contributed by atoms with Crippen LogP contribution in [0.25, 0.3) is 11.1 Å². The number of aliphatic hydroxyl groups is 1. The fraction of sp³-hybridized carbons (Fsp3) is 0.273. The monoisotopic (exact) mass is 646 g/mol. The number of rotatable bonds is 10. The molecule has 3 aromatic carbocycles. The van der Waals surface area contributed by atoms with Crippen molar-refractivity contribution in [3.05, 3.63) is 90.6 Å². The molecule has 1 fully saturated rings. The summed E-state index contributed by atoms with van der Waals surface area (Å²) in [5.41, 5.74) is 3.94. The number of anilines is 4. The molecule has 1 aromatic heterocycles. The number of carbonyl (C=O) groups excluding carboxylic acids is 1. The third-order valence-electron chi connectivity index (χ3n) is 6.81. The van der Waals surface area contributed by atoms with E-state index in [1.807, 2.05) is 0 Å². The van der Waals surface area contributed by atoms with Gasteiger partial charge in [0.2, 0.25) is 5.95 Å². The lowest BCUT2D eigenvalue weighted by Gasteiger charge is -2.17. The Morgan fingerprint density at radius 1 is 1.02 bits per heavy atom. The maximum Gasteiger partial charge on any atom is 0.442 e. The molecule has 2 atom stereocenters. The standard InChI is InChI=1S/C24H28N6O6S.C9H10/c1-4-36-24(34)30-37(3,35)19-11-9-17(10-12-19)27-22-25-13-20(21(29-22)26-15(2)14-31)16-5-7-18(8-6-16)28-23(32)33;1-2-4-8(5-3-1)9-6-7-9/h5-13,15,28,31H,4,14H2,1-3H3,(H,32,33)(H2,25,26,27,29);1-5,9H,6-7H2/t15-,37?;/m1./s1. The van der Waals surface area contributed by atoms with E-state index in [1.54, 1.807) is 68.6 Å². The van der Waals surface area contributed by atoms with Crippen LogP contribution in [-0.4, -0.2) is 62.1 Å². The summed E-state index contributed by atoms with van der Waals surface area (Å²) in [5.74, 6) is 1.63. The van der Waals surface area contributed by atoms with Crippen molar-refractivity contribution in [1.82, 2.24) is 9.97 Å². The third-order valence-corrected chi connectivity index (χ3v) is 8.45. The summed E-state index contributed by atoms with van der Waals surface area (Å²) in [5, 5.41) is 26.9. The zero-order chi connectivity index (χ0) is 33.1. The first-order chi connectivity index (χ1) is 22.1. The number of carbonyl (C=O) groups is 2. The summed E-state index contributed by atoms with van der Waals surface area (Å²) in [6.07, 6.45) is 3.74. The Balaban J connectivity index is 0.000000451. The second kappa shape index (κ2) is 15.8. The molecule has 1 aliphatic carbocycles. The molecule has 1 aliphatic rings. The van der Waals surface area contributed by atoms with Gasteiger partial charge in [-0.3, -0.25) is 5.32 Å². The first kappa shape index (κ1) is 33.9. The number of aromatic nitrogens is 2. The summed E-state index contributed by atoms with van der Waals surface area (Å²) in [4.78, 5) is 31.7. The fourth-order valence-corrected chi connectivity index (χ4v) is 5.39. The zero-order valence-corrected chi connectivity index (χ0v) is 26.7. The molecule has 0 bridgehead atoms. The first-order valence-corrected chi connectivity index (χ1v) is 16.7. The molecule has 2 amide bonds. The van der Waals surface area contributed by atoms with Crippen LogP contribution in [0.4, 0.5) is 32.7 Å². The van der Waals surface area contributed by atoms with Crippen LogP contribution in [-0.2, 0) is 14.5 Å². The molecule has 0 saturated heterocycles. The molecule has 12 nitrogen and oxygen atoms in total. The highest BCUT2D eigenvalue weighted by molar-refractivity contribution is 7.93. The summed E-state index contributed by atoms with van der Waals surface area (Å²) in [6.45, 7) is 3.45. The molecule has 5 N–H and O–H groups in total. The van der Waals surface area contributed by atoms with Crippen LogP contribution >= 0.6 is 0 Å². The smallest absolute Gasteiger partial charge is 0.442 e. The van der Waals surface area contributed by atoms with Gasteiger partial charge in [0, 0.05) is 40.3 Å². The summed E-state index contributed by atoms with van der Waals surface area (Å²) in [7, 11) is -2.97. The summed E-state index contributed by atoms with van der Waals surface area (Å²) < 4.78 is 21.2. The van der Waals surface area contributed by atoms with Crippen LogP contribution in [0.3, 0.4) is 0 Å². The lowest BCUT2D eigenvalue weighted by Crippen LogP contribution is -2.21. The van der Waals surface area contributed by atoms with Crippen molar-refractivity contribution in [3.63, 3.8) is 0 Å². The molecule has 1 saturated carbocycles. The molecule has 242 valence electrons. The van der Waals surface area contributed by atoms with Gasteiger partial charge in [-0.25, -0.2) is 18.8 Å². The number of ether oxygens (including phenoxy) is 1. The van der Waals surface area contributed by atoms with Crippen molar-refractivity contribution in [2.24, 2.45) is 4.36 Å². The highest BCUT2D eigenvalue weighted by atomic mass is 32.2. The van der Waals surface area contributed by atoms with Gasteiger partial charge in [0.1, 0.15) is 5.82 Å². The Morgan fingerprint density at radius 3 is 2.26 bits per heavy atom. The Labute approximate surface area is 268 Å². The molecular weight excluding hydrogens is 608 g/mol. The number of carboxylic acid groups (broad SMARTS) is 1. The van der Waals surface area contributed by atoms with Crippen molar-refractivity contribution in [2.45, 2.75) is 43.5 Å². The van der Waals surface area contributed by atoms with Gasteiger partial charge in [-0.15, -0.1) is 4.36 Å². The van der Waals surface area contributed by atoms with Crippen LogP contribution in [0.15, 0.2) is 94.3 Å². The number of hydrogen-bond donors (Lipinski definition) is 5. The SMILES string of the molecule is CCOC(=O)N=S(C)(=O)c1ccc(Nc2ncc(-c3ccc(NC(=O)O)cc3)c(N[C@H](C)CO)n2)cc1.c1ccc(C2CC2)cc1. The van der Waals surface area contributed by atoms with Gasteiger partial charge < -0.3 is 25.6 Å². The van der Waals surface area contributed by atoms with Gasteiger partial charge in [0.05, 0.1) is 22.9 Å². The second-order valence-corrected chi connectivity index (χ2v) is 12.9. The Morgan fingerprint density at radius 2 is 1.67 bits per heavy atom. The van der Waals surface area contributed by atoms with Gasteiger partial charge in [0.25, 0.3) is 0 Å². The van der Waals surface area contributed by atoms with Crippen molar-refractivity contribution in [3.8, 4) is 11.1 Å². The highest BCUT2D eigenvalue weighted by Crippen LogP contribution is 2.39. The maximum absolute atomic E-state index is 12.8. The van der Waals surface area contributed by atoms with Gasteiger partial charge in [-0.2, -0.15) is 4.98 Å². The predicted octanol–water partition coefficient (Wildman–Crippen LogP) is 6.95. The number of hydrogen-bond acceptors (Lipinski definition) is 9. The lowest BCUT2D eigenvalue weighted by molar-refractivity contribution is 0.164. The number of nitrogens with one attached hydrogen (secondary N) is 3. The van der Waals surface area contributed by atoms with E-state index in [2.05, 4.69) is 60.6 Å². The topological polar surface area (TPSA) is 175 Å². The van der Waals surface area contributed by atoms with E-state index >= 15 is 0 Å². The molecule has 0 spiro atoms. The molecule has 13 heteroatoms. The molecule has 0 aliphatic heterocycles. The van der Waals surface area contributed by atoms with E-state index in [9.17, 15) is 18.9 Å². The number of aliphatic hydroxyl groups excluding tert-OH is 1. The minimum atomic E-state index is -2.97. The average Bonchev–Trinajstić information content (AvgIpc) is 3.88. The Hall–Kier alpha value is -5.01. The lowest BCUT2D eigenvalue weighted by atomic mass is 10.1. The van der Waals surface area contributed by atoms with Gasteiger partial charge in [0.15, 0.2) is 0 Å². The number of nitrogens with zero attached hydrogens (tertiary/aromatic N) is 3. The molecular formula is C33H38N6O6S. The molecule has 4 aromatic rings. The van der Waals surface area contributed by atoms with E-state index in [-0.39, 0.29) is 25.2 Å². The zero-order valence-electron chi connectivity index (χ0n) is 25.8. The number of amides is 2. The van der Waals surface area contributed by atoms with Crippen molar-refractivity contribution in [2.75, 3.05) is 35.4 Å². The van der Waals surface area contributed by atoms with Crippen LogP contribution in [0.2, 0.25) is 0 Å². The van der Waals surface area contributed by atoms with Crippen molar-refractivity contribution in [1.29, 1.82) is 0 Å². The van der Waals surface area contributed by atoms with Gasteiger partial charge in [-0.05, 0) is 80.1 Å². The van der Waals surface area contributed by atoms with Crippen molar-refractivity contribution < 1.29 is 28.7 Å². The Bertz CT molecular complexity index is 1740. The average molecular weight is 647 g/mol. The molecule has 5 rings (SSSR count). The van der Waals surface area contributed by atoms with Crippen LogP contribution in [0.1, 0.15) is 38.2 Å². The molecule has 46 heavy (non-hydrogen) atoms. The van der Waals surface area contributed by atoms with Crippen LogP contribution in [0, 0.1) is 0 Å². The first-order valence-electron chi connectivity index (χ1n) is 14.7. The van der Waals surface area contributed by atoms with E-state index in [0.717, 1.165) is 11.5 Å². The van der Waals surface area contributed by atoms with Gasteiger partial charge in [-0.1, -0.05) is 42.5 Å². The Kier molecular flexibility index (Phi) is 11.7. The van der Waals surface area contributed by atoms with Crippen molar-refractivity contribution >= 4 is 45.1 Å².